The molecule has 2 rings (SSSR count). The molecule has 8 heteroatoms. The van der Waals surface area contributed by atoms with Crippen LogP contribution >= 0.6 is 0 Å². The number of aromatic nitrogens is 2. The standard InChI is InChI=1S/C21H28N4O4/c1-4-12-22-19(26)13-23-20(27)14-29-21(28)11-10-18-15(2)24-25(16(18)3)17-8-6-5-7-9-17/h5-9H,4,10-14H2,1-3H3,(H,22,26)(H,23,27). The molecule has 2 N–H and O–H groups in total. The molecular formula is C21H28N4O4. The van der Waals surface area contributed by atoms with Crippen molar-refractivity contribution in [2.75, 3.05) is 19.7 Å². The van der Waals surface area contributed by atoms with Crippen molar-refractivity contribution >= 4 is 17.8 Å². The number of esters is 1. The minimum atomic E-state index is -0.505. The predicted octanol–water partition coefficient (Wildman–Crippen LogP) is 1.61. The van der Waals surface area contributed by atoms with Gasteiger partial charge in [0.25, 0.3) is 5.91 Å². The lowest BCUT2D eigenvalue weighted by Gasteiger charge is -2.08. The number of benzene rings is 1. The highest BCUT2D eigenvalue weighted by atomic mass is 16.5. The molecule has 156 valence electrons. The van der Waals surface area contributed by atoms with Crippen molar-refractivity contribution in [2.45, 2.75) is 40.0 Å². The largest absolute Gasteiger partial charge is 0.456 e. The third-order valence-corrected chi connectivity index (χ3v) is 4.40. The van der Waals surface area contributed by atoms with Crippen molar-refractivity contribution in [3.8, 4) is 5.69 Å². The summed E-state index contributed by atoms with van der Waals surface area (Å²) >= 11 is 0. The van der Waals surface area contributed by atoms with Gasteiger partial charge in [0, 0.05) is 18.7 Å². The van der Waals surface area contributed by atoms with Gasteiger partial charge in [-0.2, -0.15) is 5.10 Å². The van der Waals surface area contributed by atoms with Gasteiger partial charge in [0.2, 0.25) is 5.91 Å². The molecule has 1 aromatic carbocycles. The van der Waals surface area contributed by atoms with Crippen molar-refractivity contribution in [1.29, 1.82) is 0 Å². The second-order valence-corrected chi connectivity index (χ2v) is 6.68. The molecule has 0 saturated heterocycles. The fourth-order valence-electron chi connectivity index (χ4n) is 2.86. The summed E-state index contributed by atoms with van der Waals surface area (Å²) in [6, 6.07) is 9.78. The number of carbonyl (C=O) groups excluding carboxylic acids is 3. The van der Waals surface area contributed by atoms with Gasteiger partial charge in [0.05, 0.1) is 17.9 Å². The van der Waals surface area contributed by atoms with Crippen LogP contribution in [0.4, 0.5) is 0 Å². The number of amides is 2. The molecular weight excluding hydrogens is 372 g/mol. The van der Waals surface area contributed by atoms with E-state index in [2.05, 4.69) is 15.7 Å². The number of nitrogens with one attached hydrogen (secondary N) is 2. The van der Waals surface area contributed by atoms with Gasteiger partial charge in [-0.1, -0.05) is 25.1 Å². The number of carbonyl (C=O) groups is 3. The SMILES string of the molecule is CCCNC(=O)CNC(=O)COC(=O)CCc1c(C)nn(-c2ccccc2)c1C. The highest BCUT2D eigenvalue weighted by Crippen LogP contribution is 2.19. The van der Waals surface area contributed by atoms with Crippen LogP contribution in [-0.4, -0.2) is 47.3 Å². The van der Waals surface area contributed by atoms with Crippen LogP contribution in [0.5, 0.6) is 0 Å². The quantitative estimate of drug-likeness (QED) is 0.590. The van der Waals surface area contributed by atoms with Gasteiger partial charge in [0.1, 0.15) is 0 Å². The van der Waals surface area contributed by atoms with Gasteiger partial charge < -0.3 is 15.4 Å². The molecule has 0 fully saturated rings. The molecule has 0 spiro atoms. The van der Waals surface area contributed by atoms with Crippen LogP contribution in [-0.2, 0) is 25.5 Å². The molecule has 8 nitrogen and oxygen atoms in total. The topological polar surface area (TPSA) is 102 Å². The number of hydrogen-bond donors (Lipinski definition) is 2. The van der Waals surface area contributed by atoms with Crippen LogP contribution in [0.25, 0.3) is 5.69 Å². The summed E-state index contributed by atoms with van der Waals surface area (Å²) in [4.78, 5) is 35.1. The van der Waals surface area contributed by atoms with Crippen LogP contribution in [0.3, 0.4) is 0 Å². The number of nitrogens with zero attached hydrogens (tertiary/aromatic N) is 2. The van der Waals surface area contributed by atoms with Crippen LogP contribution in [0.15, 0.2) is 30.3 Å². The molecule has 1 aromatic heterocycles. The van der Waals surface area contributed by atoms with E-state index in [1.807, 2.05) is 55.8 Å². The molecule has 0 radical (unpaired) electrons. The summed E-state index contributed by atoms with van der Waals surface area (Å²) in [5.74, 6) is -1.25. The molecule has 29 heavy (non-hydrogen) atoms. The molecule has 0 saturated carbocycles. The van der Waals surface area contributed by atoms with Crippen molar-refractivity contribution < 1.29 is 19.1 Å². The first-order chi connectivity index (χ1) is 13.9. The Morgan fingerprint density at radius 2 is 1.79 bits per heavy atom. The normalized spacial score (nSPS) is 10.4. The van der Waals surface area contributed by atoms with Crippen molar-refractivity contribution in [1.82, 2.24) is 20.4 Å². The average Bonchev–Trinajstić information content (AvgIpc) is 3.01. The lowest BCUT2D eigenvalue weighted by Crippen LogP contribution is -2.38. The van der Waals surface area contributed by atoms with Crippen LogP contribution in [0, 0.1) is 13.8 Å². The molecule has 1 heterocycles. The second-order valence-electron chi connectivity index (χ2n) is 6.68. The highest BCUT2D eigenvalue weighted by Gasteiger charge is 2.15. The van der Waals surface area contributed by atoms with Crippen molar-refractivity contribution in [3.05, 3.63) is 47.3 Å². The van der Waals surface area contributed by atoms with Gasteiger partial charge in [-0.25, -0.2) is 4.68 Å². The molecule has 0 atom stereocenters. The Morgan fingerprint density at radius 3 is 2.48 bits per heavy atom. The first kappa shape index (κ1) is 22.1. The number of ether oxygens (including phenoxy) is 1. The number of para-hydroxylation sites is 1. The van der Waals surface area contributed by atoms with E-state index < -0.39 is 18.5 Å². The molecule has 0 unspecified atom stereocenters. The number of aryl methyl sites for hydroxylation is 1. The van der Waals surface area contributed by atoms with E-state index in [4.69, 9.17) is 4.74 Å². The molecule has 0 aliphatic rings. The zero-order chi connectivity index (χ0) is 21.2. The average molecular weight is 400 g/mol. The fraction of sp³-hybridized carbons (Fsp3) is 0.429. The fourth-order valence-corrected chi connectivity index (χ4v) is 2.86. The lowest BCUT2D eigenvalue weighted by atomic mass is 10.1. The summed E-state index contributed by atoms with van der Waals surface area (Å²) in [5, 5.41) is 9.62. The minimum Gasteiger partial charge on any atom is -0.456 e. The Balaban J connectivity index is 1.79. The van der Waals surface area contributed by atoms with Crippen molar-refractivity contribution in [2.24, 2.45) is 0 Å². The lowest BCUT2D eigenvalue weighted by molar-refractivity contribution is -0.148. The third kappa shape index (κ3) is 6.74. The van der Waals surface area contributed by atoms with E-state index in [-0.39, 0.29) is 18.9 Å². The molecule has 0 aliphatic carbocycles. The summed E-state index contributed by atoms with van der Waals surface area (Å²) in [6.45, 7) is 5.83. The van der Waals surface area contributed by atoms with Gasteiger partial charge in [-0.05, 0) is 44.4 Å². The third-order valence-electron chi connectivity index (χ3n) is 4.40. The van der Waals surface area contributed by atoms with E-state index in [0.717, 1.165) is 29.1 Å². The van der Waals surface area contributed by atoms with Crippen LogP contribution in [0.2, 0.25) is 0 Å². The maximum Gasteiger partial charge on any atom is 0.306 e. The Labute approximate surface area is 170 Å². The Morgan fingerprint density at radius 1 is 1.07 bits per heavy atom. The minimum absolute atomic E-state index is 0.132. The van der Waals surface area contributed by atoms with Crippen molar-refractivity contribution in [3.63, 3.8) is 0 Å². The van der Waals surface area contributed by atoms with Crippen LogP contribution in [0.1, 0.15) is 36.7 Å². The van der Waals surface area contributed by atoms with E-state index in [9.17, 15) is 14.4 Å². The van der Waals surface area contributed by atoms with Gasteiger partial charge >= 0.3 is 5.97 Å². The maximum atomic E-state index is 12.0. The summed E-state index contributed by atoms with van der Waals surface area (Å²) in [6.07, 6.45) is 1.44. The van der Waals surface area contributed by atoms with E-state index >= 15 is 0 Å². The maximum absolute atomic E-state index is 12.0. The zero-order valence-corrected chi connectivity index (χ0v) is 17.2. The second kappa shape index (κ2) is 11.0. The molecule has 2 amide bonds. The smallest absolute Gasteiger partial charge is 0.306 e. The highest BCUT2D eigenvalue weighted by molar-refractivity contribution is 5.86. The van der Waals surface area contributed by atoms with Crippen LogP contribution < -0.4 is 10.6 Å². The monoisotopic (exact) mass is 400 g/mol. The Kier molecular flexibility index (Phi) is 8.39. The number of rotatable bonds is 10. The van der Waals surface area contributed by atoms with E-state index in [1.165, 1.54) is 0 Å². The van der Waals surface area contributed by atoms with E-state index in [0.29, 0.717) is 13.0 Å². The Hall–Kier alpha value is -3.16. The first-order valence-corrected chi connectivity index (χ1v) is 9.72. The summed E-state index contributed by atoms with van der Waals surface area (Å²) in [7, 11) is 0. The van der Waals surface area contributed by atoms with Gasteiger partial charge in [0.15, 0.2) is 6.61 Å². The predicted molar refractivity (Wildman–Crippen MR) is 109 cm³/mol. The van der Waals surface area contributed by atoms with E-state index in [1.54, 1.807) is 0 Å². The summed E-state index contributed by atoms with van der Waals surface area (Å²) in [5.41, 5.74) is 3.77. The molecule has 0 aliphatic heterocycles. The van der Waals surface area contributed by atoms with Gasteiger partial charge in [-0.3, -0.25) is 14.4 Å². The number of hydrogen-bond acceptors (Lipinski definition) is 5. The Bertz CT molecular complexity index is 846. The molecule has 2 aromatic rings. The molecule has 0 bridgehead atoms. The zero-order valence-electron chi connectivity index (χ0n) is 17.2. The summed E-state index contributed by atoms with van der Waals surface area (Å²) < 4.78 is 6.85. The van der Waals surface area contributed by atoms with Gasteiger partial charge in [-0.15, -0.1) is 0 Å². The first-order valence-electron chi connectivity index (χ1n) is 9.72.